The quantitative estimate of drug-likeness (QED) is 0.400. The average molecular weight is 377 g/mol. The molecule has 2 rings (SSSR count). The Hall–Kier alpha value is 0.740. The molecule has 0 aliphatic carbocycles. The van der Waals surface area contributed by atoms with Crippen LogP contribution in [0.5, 0.6) is 0 Å². The van der Waals surface area contributed by atoms with E-state index in [-0.39, 0.29) is 16.0 Å². The van der Waals surface area contributed by atoms with Gasteiger partial charge >= 0.3 is 0 Å². The van der Waals surface area contributed by atoms with Crippen LogP contribution in [0.3, 0.4) is 0 Å². The van der Waals surface area contributed by atoms with E-state index in [0.29, 0.717) is 0 Å². The third-order valence-corrected chi connectivity index (χ3v) is 6.64. The van der Waals surface area contributed by atoms with E-state index >= 15 is 0 Å². The molecule has 2 fully saturated rings. The van der Waals surface area contributed by atoms with Gasteiger partial charge in [0.2, 0.25) is 5.24 Å². The van der Waals surface area contributed by atoms with Crippen LogP contribution in [0.4, 0.5) is 0 Å². The van der Waals surface area contributed by atoms with E-state index in [9.17, 15) is 9.59 Å². The number of β-lactam (4-membered cyclic amide) rings is 1. The van der Waals surface area contributed by atoms with Crippen LogP contribution < -0.4 is 0 Å². The number of carbonyl (C=O) groups is 2. The zero-order chi connectivity index (χ0) is 11.6. The Kier molecular flexibility index (Phi) is 2.74. The molecule has 2 saturated heterocycles. The molecule has 84 valence electrons. The van der Waals surface area contributed by atoms with Crippen LogP contribution in [0, 0.1) is 0 Å². The van der Waals surface area contributed by atoms with Gasteiger partial charge in [-0.3, -0.25) is 9.59 Å². The Balaban J connectivity index is 2.37. The number of nitrogens with zero attached hydrogens (tertiary/aromatic N) is 1. The van der Waals surface area contributed by atoms with E-state index in [0.717, 1.165) is 0 Å². The molecular formula is C8H8Br2ClNO2S. The summed E-state index contributed by atoms with van der Waals surface area (Å²) in [5.74, 6) is -0.135. The lowest BCUT2D eigenvalue weighted by atomic mass is 9.99. The number of fused-ring (bicyclic) bond motifs is 1. The van der Waals surface area contributed by atoms with E-state index in [1.165, 1.54) is 0 Å². The molecule has 0 aromatic rings. The van der Waals surface area contributed by atoms with Gasteiger partial charge in [-0.05, 0) is 25.4 Å². The summed E-state index contributed by atoms with van der Waals surface area (Å²) in [7, 11) is 0. The fourth-order valence-electron chi connectivity index (χ4n) is 1.95. The standard InChI is InChI=1S/C8H8Br2ClNO2S/c1-7(2)3(4(11)13)12-5(14)8(9,10)6(12)15-7/h3,6H,1-2H3/t3-,6+/m0/s1. The fourth-order valence-corrected chi connectivity index (χ4v) is 5.30. The van der Waals surface area contributed by atoms with E-state index < -0.39 is 14.5 Å². The normalized spacial score (nSPS) is 36.1. The summed E-state index contributed by atoms with van der Waals surface area (Å²) in [5.41, 5.74) is 0. The van der Waals surface area contributed by atoms with Crippen molar-refractivity contribution >= 4 is 66.4 Å². The first-order valence-electron chi connectivity index (χ1n) is 4.27. The molecule has 2 heterocycles. The maximum atomic E-state index is 11.8. The van der Waals surface area contributed by atoms with Crippen molar-refractivity contribution in [1.29, 1.82) is 0 Å². The van der Waals surface area contributed by atoms with Crippen molar-refractivity contribution in [2.75, 3.05) is 0 Å². The molecule has 3 nitrogen and oxygen atoms in total. The summed E-state index contributed by atoms with van der Waals surface area (Å²) in [5, 5.41) is -0.549. The van der Waals surface area contributed by atoms with Crippen molar-refractivity contribution in [2.45, 2.75) is 33.2 Å². The summed E-state index contributed by atoms with van der Waals surface area (Å²) in [6.45, 7) is 3.84. The number of alkyl halides is 2. The number of hydrogen-bond donors (Lipinski definition) is 0. The Bertz CT molecular complexity index is 361. The Labute approximate surface area is 114 Å². The lowest BCUT2D eigenvalue weighted by molar-refractivity contribution is -0.147. The van der Waals surface area contributed by atoms with Gasteiger partial charge in [0, 0.05) is 4.75 Å². The number of amides is 1. The van der Waals surface area contributed by atoms with Gasteiger partial charge in [-0.2, -0.15) is 0 Å². The third-order valence-electron chi connectivity index (χ3n) is 2.65. The van der Waals surface area contributed by atoms with Gasteiger partial charge in [0.25, 0.3) is 5.91 Å². The highest BCUT2D eigenvalue weighted by Gasteiger charge is 2.69. The maximum Gasteiger partial charge on any atom is 0.255 e. The van der Waals surface area contributed by atoms with Crippen molar-refractivity contribution in [3.8, 4) is 0 Å². The minimum Gasteiger partial charge on any atom is -0.313 e. The SMILES string of the molecule is CC1(C)S[C@H]2N(C(=O)C2(Br)Br)[C@H]1C(=O)Cl. The molecule has 0 spiro atoms. The van der Waals surface area contributed by atoms with Crippen LogP contribution >= 0.6 is 55.2 Å². The zero-order valence-corrected chi connectivity index (χ0v) is 12.7. The summed E-state index contributed by atoms with van der Waals surface area (Å²) in [6, 6.07) is -0.537. The van der Waals surface area contributed by atoms with Crippen LogP contribution in [0.15, 0.2) is 0 Å². The van der Waals surface area contributed by atoms with E-state index in [1.807, 2.05) is 13.8 Å². The van der Waals surface area contributed by atoms with E-state index in [4.69, 9.17) is 11.6 Å². The number of carbonyl (C=O) groups excluding carboxylic acids is 2. The lowest BCUT2D eigenvalue weighted by Gasteiger charge is -2.46. The van der Waals surface area contributed by atoms with Gasteiger partial charge in [-0.1, -0.05) is 31.9 Å². The topological polar surface area (TPSA) is 37.4 Å². The van der Waals surface area contributed by atoms with Crippen LogP contribution in [-0.2, 0) is 9.59 Å². The largest absolute Gasteiger partial charge is 0.313 e. The molecule has 0 saturated carbocycles. The van der Waals surface area contributed by atoms with E-state index in [2.05, 4.69) is 31.9 Å². The first kappa shape index (κ1) is 12.2. The van der Waals surface area contributed by atoms with Crippen LogP contribution in [0.1, 0.15) is 13.8 Å². The summed E-state index contributed by atoms with van der Waals surface area (Å²) < 4.78 is -1.08. The van der Waals surface area contributed by atoms with Crippen molar-refractivity contribution in [3.05, 3.63) is 0 Å². The highest BCUT2D eigenvalue weighted by atomic mass is 79.9. The first-order chi connectivity index (χ1) is 6.69. The number of thioether (sulfide) groups is 1. The zero-order valence-electron chi connectivity index (χ0n) is 7.96. The minimum atomic E-state index is -0.733. The Morgan fingerprint density at radius 1 is 1.53 bits per heavy atom. The molecule has 0 aromatic carbocycles. The summed E-state index contributed by atoms with van der Waals surface area (Å²) in [4.78, 5) is 24.7. The van der Waals surface area contributed by atoms with Crippen LogP contribution in [-0.4, -0.2) is 35.4 Å². The van der Waals surface area contributed by atoms with Crippen molar-refractivity contribution in [1.82, 2.24) is 4.90 Å². The molecule has 2 atom stereocenters. The second kappa shape index (κ2) is 3.37. The Morgan fingerprint density at radius 3 is 2.53 bits per heavy atom. The predicted molar refractivity (Wildman–Crippen MR) is 67.5 cm³/mol. The van der Waals surface area contributed by atoms with Crippen molar-refractivity contribution < 1.29 is 9.59 Å². The van der Waals surface area contributed by atoms with Gasteiger partial charge < -0.3 is 4.90 Å². The molecule has 0 aromatic heterocycles. The third kappa shape index (κ3) is 1.51. The van der Waals surface area contributed by atoms with E-state index in [1.54, 1.807) is 16.7 Å². The number of hydrogen-bond acceptors (Lipinski definition) is 3. The minimum absolute atomic E-state index is 0.0762. The van der Waals surface area contributed by atoms with Gasteiger partial charge in [-0.25, -0.2) is 0 Å². The molecular weight excluding hydrogens is 369 g/mol. The summed E-state index contributed by atoms with van der Waals surface area (Å²) in [6.07, 6.45) is 0. The fraction of sp³-hybridized carbons (Fsp3) is 0.750. The second-order valence-electron chi connectivity index (χ2n) is 4.12. The first-order valence-corrected chi connectivity index (χ1v) is 7.11. The van der Waals surface area contributed by atoms with Gasteiger partial charge in [0.1, 0.15) is 11.4 Å². The molecule has 0 bridgehead atoms. The van der Waals surface area contributed by atoms with Crippen LogP contribution in [0.2, 0.25) is 0 Å². The highest BCUT2D eigenvalue weighted by Crippen LogP contribution is 2.60. The summed E-state index contributed by atoms with van der Waals surface area (Å²) >= 11 is 13.7. The van der Waals surface area contributed by atoms with Gasteiger partial charge in [0.15, 0.2) is 3.23 Å². The molecule has 0 unspecified atom stereocenters. The average Bonchev–Trinajstić information content (AvgIpc) is 2.35. The number of halogens is 3. The van der Waals surface area contributed by atoms with Gasteiger partial charge in [-0.15, -0.1) is 11.8 Å². The highest BCUT2D eigenvalue weighted by molar-refractivity contribution is 9.26. The van der Waals surface area contributed by atoms with Gasteiger partial charge in [0.05, 0.1) is 0 Å². The molecule has 2 aliphatic heterocycles. The number of rotatable bonds is 1. The smallest absolute Gasteiger partial charge is 0.255 e. The molecule has 2 aliphatic rings. The molecule has 0 N–H and O–H groups in total. The predicted octanol–water partition coefficient (Wildman–Crippen LogP) is 2.30. The lowest BCUT2D eigenvalue weighted by Crippen LogP contribution is -2.67. The monoisotopic (exact) mass is 375 g/mol. The molecule has 15 heavy (non-hydrogen) atoms. The maximum absolute atomic E-state index is 11.8. The molecule has 0 radical (unpaired) electrons. The van der Waals surface area contributed by atoms with Crippen molar-refractivity contribution in [3.63, 3.8) is 0 Å². The van der Waals surface area contributed by atoms with Crippen LogP contribution in [0.25, 0.3) is 0 Å². The second-order valence-corrected chi connectivity index (χ2v) is 9.79. The molecule has 1 amide bonds. The Morgan fingerprint density at radius 2 is 2.07 bits per heavy atom. The van der Waals surface area contributed by atoms with Crippen molar-refractivity contribution in [2.24, 2.45) is 0 Å². The molecule has 7 heteroatoms.